The molecule has 0 spiro atoms. The van der Waals surface area contributed by atoms with Gasteiger partial charge in [0.2, 0.25) is 0 Å². The fourth-order valence-corrected chi connectivity index (χ4v) is 2.27. The molecule has 3 unspecified atom stereocenters. The van der Waals surface area contributed by atoms with Gasteiger partial charge in [0.25, 0.3) is 0 Å². The number of nitrogens with zero attached hydrogens (tertiary/aromatic N) is 1. The Morgan fingerprint density at radius 3 is 2.94 bits per heavy atom. The van der Waals surface area contributed by atoms with Crippen LogP contribution in [0, 0.1) is 0 Å². The van der Waals surface area contributed by atoms with E-state index in [1.165, 1.54) is 0 Å². The minimum absolute atomic E-state index is 0.110. The number of aromatic nitrogens is 1. The van der Waals surface area contributed by atoms with Gasteiger partial charge in [0.15, 0.2) is 0 Å². The number of hydrogen-bond acceptors (Lipinski definition) is 4. The van der Waals surface area contributed by atoms with Crippen molar-refractivity contribution in [3.05, 3.63) is 22.9 Å². The normalized spacial score (nSPS) is 28.6. The molecule has 0 aromatic carbocycles. The molecule has 1 aromatic heterocycles. The van der Waals surface area contributed by atoms with Crippen molar-refractivity contribution >= 4 is 15.9 Å². The Kier molecular flexibility index (Phi) is 3.78. The lowest BCUT2D eigenvalue weighted by molar-refractivity contribution is -0.0870. The number of halogens is 1. The second-order valence-electron chi connectivity index (χ2n) is 3.83. The van der Waals surface area contributed by atoms with Crippen LogP contribution in [0.3, 0.4) is 0 Å². The van der Waals surface area contributed by atoms with Crippen molar-refractivity contribution in [1.82, 2.24) is 10.3 Å². The van der Waals surface area contributed by atoms with E-state index in [1.54, 1.807) is 19.5 Å². The minimum atomic E-state index is 0.110. The van der Waals surface area contributed by atoms with E-state index in [0.717, 1.165) is 16.6 Å². The molecule has 88 valence electrons. The van der Waals surface area contributed by atoms with Gasteiger partial charge in [-0.2, -0.15) is 0 Å². The van der Waals surface area contributed by atoms with Crippen LogP contribution in [0.1, 0.15) is 6.42 Å². The highest BCUT2D eigenvalue weighted by Crippen LogP contribution is 2.29. The summed E-state index contributed by atoms with van der Waals surface area (Å²) in [6.07, 6.45) is 4.63. The van der Waals surface area contributed by atoms with E-state index in [0.29, 0.717) is 6.04 Å². The Morgan fingerprint density at radius 1 is 1.50 bits per heavy atom. The Balaban J connectivity index is 1.96. The number of hydrogen-bond donors (Lipinski definition) is 1. The molecule has 16 heavy (non-hydrogen) atoms. The zero-order chi connectivity index (χ0) is 11.5. The average Bonchev–Trinajstić information content (AvgIpc) is 2.24. The molecule has 5 heteroatoms. The Hall–Kier alpha value is -0.650. The zero-order valence-electron chi connectivity index (χ0n) is 9.31. The van der Waals surface area contributed by atoms with Gasteiger partial charge in [-0.15, -0.1) is 0 Å². The molecule has 0 bridgehead atoms. The first-order chi connectivity index (χ1) is 7.74. The molecule has 4 nitrogen and oxygen atoms in total. The van der Waals surface area contributed by atoms with Crippen molar-refractivity contribution in [2.45, 2.75) is 24.7 Å². The van der Waals surface area contributed by atoms with Gasteiger partial charge in [0.05, 0.1) is 6.20 Å². The van der Waals surface area contributed by atoms with Crippen molar-refractivity contribution < 1.29 is 9.47 Å². The van der Waals surface area contributed by atoms with Gasteiger partial charge >= 0.3 is 0 Å². The summed E-state index contributed by atoms with van der Waals surface area (Å²) in [7, 11) is 3.65. The third-order valence-corrected chi connectivity index (χ3v) is 3.29. The molecular formula is C11H15BrN2O2. The van der Waals surface area contributed by atoms with Crippen LogP contribution in [0.5, 0.6) is 5.75 Å². The van der Waals surface area contributed by atoms with Gasteiger partial charge < -0.3 is 14.8 Å². The first-order valence-corrected chi connectivity index (χ1v) is 6.01. The highest BCUT2D eigenvalue weighted by atomic mass is 79.9. The average molecular weight is 287 g/mol. The van der Waals surface area contributed by atoms with Gasteiger partial charge in [-0.1, -0.05) is 0 Å². The summed E-state index contributed by atoms with van der Waals surface area (Å²) in [4.78, 5) is 4.06. The number of methoxy groups -OCH3 is 1. The van der Waals surface area contributed by atoms with Crippen LogP contribution in [-0.4, -0.2) is 37.4 Å². The quantitative estimate of drug-likeness (QED) is 0.913. The molecule has 1 saturated carbocycles. The second kappa shape index (κ2) is 5.12. The molecule has 1 aromatic rings. The number of ether oxygens (including phenoxy) is 2. The van der Waals surface area contributed by atoms with Gasteiger partial charge in [0, 0.05) is 30.2 Å². The van der Waals surface area contributed by atoms with E-state index in [9.17, 15) is 0 Å². The van der Waals surface area contributed by atoms with E-state index >= 15 is 0 Å². The van der Waals surface area contributed by atoms with E-state index in [2.05, 4.69) is 26.2 Å². The summed E-state index contributed by atoms with van der Waals surface area (Å²) in [5.41, 5.74) is 0. The Labute approximate surface area is 103 Å². The Morgan fingerprint density at radius 2 is 2.31 bits per heavy atom. The minimum Gasteiger partial charge on any atom is -0.486 e. The molecule has 0 radical (unpaired) electrons. The highest BCUT2D eigenvalue weighted by molar-refractivity contribution is 9.10. The summed E-state index contributed by atoms with van der Waals surface area (Å²) in [6.45, 7) is 0. The zero-order valence-corrected chi connectivity index (χ0v) is 10.9. The van der Waals surface area contributed by atoms with Gasteiger partial charge in [0.1, 0.15) is 18.0 Å². The highest BCUT2D eigenvalue weighted by Gasteiger charge is 2.42. The first kappa shape index (κ1) is 11.8. The SMILES string of the molecule is CNC1CC(Oc2cncc(Br)c2)C1OC. The first-order valence-electron chi connectivity index (χ1n) is 5.22. The van der Waals surface area contributed by atoms with Crippen LogP contribution >= 0.6 is 15.9 Å². The standard InChI is InChI=1S/C11H15BrN2O2/c1-13-9-4-10(11(9)15-2)16-8-3-7(12)5-14-6-8/h3,5-6,9-11,13H,4H2,1-2H3. The fraction of sp³-hybridized carbons (Fsp3) is 0.545. The van der Waals surface area contributed by atoms with Gasteiger partial charge in [-0.05, 0) is 29.0 Å². The number of nitrogens with one attached hydrogen (secondary N) is 1. The molecule has 1 heterocycles. The summed E-state index contributed by atoms with van der Waals surface area (Å²) in [6, 6.07) is 2.29. The maximum absolute atomic E-state index is 5.81. The fourth-order valence-electron chi connectivity index (χ4n) is 1.93. The molecule has 2 rings (SSSR count). The molecule has 0 saturated heterocycles. The van der Waals surface area contributed by atoms with E-state index in [4.69, 9.17) is 9.47 Å². The smallest absolute Gasteiger partial charge is 0.139 e. The van der Waals surface area contributed by atoms with E-state index < -0.39 is 0 Å². The summed E-state index contributed by atoms with van der Waals surface area (Å²) >= 11 is 3.36. The summed E-state index contributed by atoms with van der Waals surface area (Å²) in [5, 5.41) is 3.20. The summed E-state index contributed by atoms with van der Waals surface area (Å²) in [5.74, 6) is 0.774. The van der Waals surface area contributed by atoms with Crippen molar-refractivity contribution in [3.63, 3.8) is 0 Å². The number of pyridine rings is 1. The molecule has 0 aliphatic heterocycles. The molecule has 1 aliphatic carbocycles. The van der Waals surface area contributed by atoms with Crippen molar-refractivity contribution in [1.29, 1.82) is 0 Å². The van der Waals surface area contributed by atoms with Crippen LogP contribution in [-0.2, 0) is 4.74 Å². The molecule has 0 amide bonds. The monoisotopic (exact) mass is 286 g/mol. The topological polar surface area (TPSA) is 43.4 Å². The lowest BCUT2D eigenvalue weighted by Gasteiger charge is -2.42. The van der Waals surface area contributed by atoms with Gasteiger partial charge in [-0.3, -0.25) is 4.98 Å². The van der Waals surface area contributed by atoms with E-state index in [1.807, 2.05) is 13.1 Å². The van der Waals surface area contributed by atoms with E-state index in [-0.39, 0.29) is 12.2 Å². The lowest BCUT2D eigenvalue weighted by atomic mass is 9.85. The van der Waals surface area contributed by atoms with Crippen molar-refractivity contribution in [2.24, 2.45) is 0 Å². The van der Waals surface area contributed by atoms with Gasteiger partial charge in [-0.25, -0.2) is 0 Å². The van der Waals surface area contributed by atoms with Crippen molar-refractivity contribution in [2.75, 3.05) is 14.2 Å². The molecular weight excluding hydrogens is 272 g/mol. The molecule has 1 aliphatic rings. The molecule has 3 atom stereocenters. The predicted octanol–water partition coefficient (Wildman–Crippen LogP) is 1.60. The second-order valence-corrected chi connectivity index (χ2v) is 4.74. The maximum atomic E-state index is 5.81. The van der Waals surface area contributed by atoms with Crippen LogP contribution in [0.25, 0.3) is 0 Å². The number of rotatable bonds is 4. The summed E-state index contributed by atoms with van der Waals surface area (Å²) < 4.78 is 12.1. The number of likely N-dealkylation sites (N-methyl/N-ethyl adjacent to an activating group) is 1. The third kappa shape index (κ3) is 2.36. The maximum Gasteiger partial charge on any atom is 0.139 e. The third-order valence-electron chi connectivity index (χ3n) is 2.86. The molecule has 1 fully saturated rings. The Bertz CT molecular complexity index is 362. The largest absolute Gasteiger partial charge is 0.486 e. The van der Waals surface area contributed by atoms with Crippen LogP contribution in [0.2, 0.25) is 0 Å². The van der Waals surface area contributed by atoms with Crippen molar-refractivity contribution in [3.8, 4) is 5.75 Å². The van der Waals surface area contributed by atoms with Crippen LogP contribution < -0.4 is 10.1 Å². The van der Waals surface area contributed by atoms with Crippen LogP contribution in [0.4, 0.5) is 0 Å². The molecule has 1 N–H and O–H groups in total. The lowest BCUT2D eigenvalue weighted by Crippen LogP contribution is -2.60. The predicted molar refractivity (Wildman–Crippen MR) is 64.6 cm³/mol. The van der Waals surface area contributed by atoms with Crippen LogP contribution in [0.15, 0.2) is 22.9 Å².